The van der Waals surface area contributed by atoms with Crippen LogP contribution in [-0.4, -0.2) is 49.4 Å². The molecule has 0 radical (unpaired) electrons. The number of carboxylic acids is 1. The second-order valence-corrected chi connectivity index (χ2v) is 19.9. The Labute approximate surface area is 438 Å². The molecule has 4 aromatic carbocycles. The van der Waals surface area contributed by atoms with Crippen LogP contribution in [0.3, 0.4) is 0 Å². The van der Waals surface area contributed by atoms with Crippen molar-refractivity contribution in [2.75, 3.05) is 26.4 Å². The van der Waals surface area contributed by atoms with E-state index in [1.54, 1.807) is 0 Å². The van der Waals surface area contributed by atoms with E-state index in [4.69, 9.17) is 24.1 Å². The Morgan fingerprint density at radius 2 is 0.855 bits per heavy atom. The van der Waals surface area contributed by atoms with Crippen LogP contribution in [0.5, 0.6) is 5.75 Å². The van der Waals surface area contributed by atoms with Gasteiger partial charge in [0.25, 0.3) is 0 Å². The molecule has 0 spiro atoms. The molecule has 4 aromatic rings. The maximum atomic E-state index is 14.4. The average molecular weight is 1080 g/mol. The van der Waals surface area contributed by atoms with E-state index in [-0.39, 0.29) is 23.7 Å². The fourth-order valence-electron chi connectivity index (χ4n) is 9.91. The van der Waals surface area contributed by atoms with Gasteiger partial charge in [0.15, 0.2) is 17.5 Å². The first-order valence-electron chi connectivity index (χ1n) is 26.4. The summed E-state index contributed by atoms with van der Waals surface area (Å²) in [5, 5.41) is 8.73. The predicted octanol–water partition coefficient (Wildman–Crippen LogP) is 15.8. The molecular formula is C58H69F9O9. The number of carbonyl (C=O) groups is 3. The minimum Gasteiger partial charge on any atom is -0.477 e. The summed E-state index contributed by atoms with van der Waals surface area (Å²) in [5.74, 6) is -12.1. The summed E-state index contributed by atoms with van der Waals surface area (Å²) in [6, 6.07) is 8.54. The summed E-state index contributed by atoms with van der Waals surface area (Å²) < 4.78 is 148. The quantitative estimate of drug-likeness (QED) is 0.0570. The zero-order chi connectivity index (χ0) is 55.5. The number of carbonyl (C=O) groups excluding carboxylic acids is 2. The third kappa shape index (κ3) is 18.3. The molecule has 7 unspecified atom stereocenters. The molecule has 0 aromatic heterocycles. The van der Waals surface area contributed by atoms with E-state index in [2.05, 4.69) is 32.4 Å². The van der Waals surface area contributed by atoms with Gasteiger partial charge in [0.1, 0.15) is 51.8 Å². The topological polar surface area (TPSA) is 118 Å². The second kappa shape index (κ2) is 30.5. The van der Waals surface area contributed by atoms with Crippen LogP contribution in [0.2, 0.25) is 0 Å². The van der Waals surface area contributed by atoms with E-state index < -0.39 is 87.3 Å². The van der Waals surface area contributed by atoms with Crippen LogP contribution in [-0.2, 0) is 23.7 Å². The van der Waals surface area contributed by atoms with Gasteiger partial charge in [-0.3, -0.25) is 4.79 Å². The molecule has 4 heterocycles. The van der Waals surface area contributed by atoms with Gasteiger partial charge in [-0.1, -0.05) is 53.4 Å². The van der Waals surface area contributed by atoms with Crippen LogP contribution in [0.25, 0.3) is 0 Å². The van der Waals surface area contributed by atoms with Crippen molar-refractivity contribution in [3.05, 3.63) is 135 Å². The highest BCUT2D eigenvalue weighted by Gasteiger charge is 2.29. The number of halogens is 9. The van der Waals surface area contributed by atoms with Crippen LogP contribution in [0.1, 0.15) is 186 Å². The summed E-state index contributed by atoms with van der Waals surface area (Å²) in [5.41, 5.74) is -0.672. The van der Waals surface area contributed by atoms with Gasteiger partial charge in [0.2, 0.25) is 0 Å². The largest absolute Gasteiger partial charge is 0.477 e. The van der Waals surface area contributed by atoms with E-state index in [1.807, 2.05) is 0 Å². The van der Waals surface area contributed by atoms with Gasteiger partial charge in [0.05, 0.1) is 44.7 Å². The Hall–Kier alpha value is -5.46. The highest BCUT2D eigenvalue weighted by molar-refractivity contribution is 5.91. The number of esters is 2. The van der Waals surface area contributed by atoms with Gasteiger partial charge in [-0.05, 0) is 147 Å². The molecule has 9 nitrogen and oxygen atoms in total. The number of benzene rings is 4. The van der Waals surface area contributed by atoms with Crippen molar-refractivity contribution in [2.24, 2.45) is 23.7 Å². The second-order valence-electron chi connectivity index (χ2n) is 19.9. The maximum absolute atomic E-state index is 14.4. The van der Waals surface area contributed by atoms with Gasteiger partial charge in [-0.2, -0.15) is 0 Å². The van der Waals surface area contributed by atoms with E-state index in [1.165, 1.54) is 31.4 Å². The molecule has 0 amide bonds. The maximum Gasteiger partial charge on any atom is 0.349 e. The highest BCUT2D eigenvalue weighted by atomic mass is 19.2. The molecule has 4 saturated heterocycles. The number of hydrogen-bond donors (Lipinski definition) is 1. The minimum atomic E-state index is -1.75. The van der Waals surface area contributed by atoms with Crippen molar-refractivity contribution in [1.29, 1.82) is 0 Å². The van der Waals surface area contributed by atoms with Crippen LogP contribution < -0.4 is 4.74 Å². The first-order valence-corrected chi connectivity index (χ1v) is 26.4. The van der Waals surface area contributed by atoms with Crippen molar-refractivity contribution >= 4 is 17.9 Å². The van der Waals surface area contributed by atoms with Crippen LogP contribution in [0.15, 0.2) is 54.6 Å². The zero-order valence-electron chi connectivity index (χ0n) is 43.5. The lowest BCUT2D eigenvalue weighted by atomic mass is 9.91. The van der Waals surface area contributed by atoms with Crippen molar-refractivity contribution in [2.45, 2.75) is 149 Å². The lowest BCUT2D eigenvalue weighted by Gasteiger charge is -2.29. The summed E-state index contributed by atoms with van der Waals surface area (Å²) in [6.07, 6.45) is 14.7. The molecule has 76 heavy (non-hydrogen) atoms. The van der Waals surface area contributed by atoms with E-state index >= 15 is 0 Å². The summed E-state index contributed by atoms with van der Waals surface area (Å²) in [4.78, 5) is 33.4. The molecule has 0 bridgehead atoms. The van der Waals surface area contributed by atoms with Crippen LogP contribution in [0.4, 0.5) is 39.5 Å². The molecule has 4 aliphatic rings. The first kappa shape index (κ1) is 61.4. The standard InChI is InChI=1S/C21H19F5O3.C15H18F2O3.C14H18F2O.C8H14O2/c1-2-3-11-4-5-18(28-10-11)12-6-14(22)19(15(23)7-12)21(27)29-13-8-16(24)20(26)17(25)9-13;1-2-3-9-4-5-13(20-8-9)10-6-11(16)14(15(18)19)12(17)7-10;1-2-3-10-4-5-14(17-9-10)11-6-12(15)8-13(16)7-11;1-2-3-7-4-5-8(9)10-6-7/h6-9,11,18H,2-5,10H2,1H3;6-7,9,13H,2-5,8H2,1H3,(H,18,19);6-8,10,14H,2-5,9H2,1H3;7H,2-6H2,1H3. The van der Waals surface area contributed by atoms with Crippen LogP contribution >= 0.6 is 0 Å². The minimum absolute atomic E-state index is 0.0210. The lowest BCUT2D eigenvalue weighted by molar-refractivity contribution is -0.149. The summed E-state index contributed by atoms with van der Waals surface area (Å²) in [6.45, 7) is 11.0. The number of ether oxygens (including phenoxy) is 5. The van der Waals surface area contributed by atoms with Crippen molar-refractivity contribution < 1.29 is 82.7 Å². The van der Waals surface area contributed by atoms with Gasteiger partial charge in [-0.25, -0.2) is 49.1 Å². The summed E-state index contributed by atoms with van der Waals surface area (Å²) >= 11 is 0. The number of hydrogen-bond acceptors (Lipinski definition) is 8. The molecule has 0 aliphatic carbocycles. The SMILES string of the molecule is CCCC1CCC(=O)OC1.CCCC1CCC(c2cc(F)c(C(=O)O)c(F)c2)OC1.CCCC1CCC(c2cc(F)c(C(=O)Oc3cc(F)c(F)c(F)c3)c(F)c2)OC1.CCCC1CCC(c2cc(F)cc(F)c2)OC1. The Morgan fingerprint density at radius 1 is 0.487 bits per heavy atom. The third-order valence-electron chi connectivity index (χ3n) is 13.9. The lowest BCUT2D eigenvalue weighted by Crippen LogP contribution is -2.21. The number of cyclic esters (lactones) is 1. The monoisotopic (exact) mass is 1080 g/mol. The Bertz CT molecular complexity index is 2420. The normalized spacial score (nSPS) is 22.3. The molecule has 418 valence electrons. The fraction of sp³-hybridized carbons (Fsp3) is 0.534. The first-order chi connectivity index (χ1) is 36.3. The van der Waals surface area contributed by atoms with Gasteiger partial charge in [0, 0.05) is 24.6 Å². The molecule has 18 heteroatoms. The van der Waals surface area contributed by atoms with Crippen molar-refractivity contribution in [1.82, 2.24) is 0 Å². The molecule has 7 atom stereocenters. The third-order valence-corrected chi connectivity index (χ3v) is 13.9. The average Bonchev–Trinajstić information content (AvgIpc) is 3.37. The predicted molar refractivity (Wildman–Crippen MR) is 265 cm³/mol. The number of aromatic carboxylic acids is 1. The zero-order valence-corrected chi connectivity index (χ0v) is 43.5. The molecule has 4 aliphatic heterocycles. The summed E-state index contributed by atoms with van der Waals surface area (Å²) in [7, 11) is 0. The van der Waals surface area contributed by atoms with Gasteiger partial charge in [-0.15, -0.1) is 0 Å². The highest BCUT2D eigenvalue weighted by Crippen LogP contribution is 2.37. The van der Waals surface area contributed by atoms with E-state index in [9.17, 15) is 53.9 Å². The van der Waals surface area contributed by atoms with Crippen molar-refractivity contribution in [3.8, 4) is 5.75 Å². The number of rotatable bonds is 14. The Morgan fingerprint density at radius 3 is 1.18 bits per heavy atom. The molecular weight excluding hydrogens is 1010 g/mol. The molecule has 0 saturated carbocycles. The van der Waals surface area contributed by atoms with E-state index in [0.717, 1.165) is 94.5 Å². The fourth-order valence-corrected chi connectivity index (χ4v) is 9.91. The molecule has 1 N–H and O–H groups in total. The van der Waals surface area contributed by atoms with E-state index in [0.29, 0.717) is 92.6 Å². The Balaban J connectivity index is 0.000000199. The Kier molecular flexibility index (Phi) is 24.6. The molecule has 8 rings (SSSR count). The van der Waals surface area contributed by atoms with Gasteiger partial charge < -0.3 is 28.8 Å². The van der Waals surface area contributed by atoms with Crippen molar-refractivity contribution in [3.63, 3.8) is 0 Å². The molecule has 4 fully saturated rings. The van der Waals surface area contributed by atoms with Gasteiger partial charge >= 0.3 is 17.9 Å². The smallest absolute Gasteiger partial charge is 0.349 e. The number of carboxylic acid groups (broad SMARTS) is 1. The van der Waals surface area contributed by atoms with Crippen LogP contribution in [0, 0.1) is 76.0 Å².